The molecule has 3 rings (SSSR count). The lowest BCUT2D eigenvalue weighted by atomic mass is 10.1. The van der Waals surface area contributed by atoms with E-state index in [2.05, 4.69) is 5.32 Å². The van der Waals surface area contributed by atoms with Crippen LogP contribution in [-0.4, -0.2) is 35.9 Å². The Morgan fingerprint density at radius 3 is 2.64 bits per heavy atom. The Morgan fingerprint density at radius 2 is 1.96 bits per heavy atom. The molecule has 0 aromatic heterocycles. The molecule has 1 N–H and O–H groups in total. The lowest BCUT2D eigenvalue weighted by Crippen LogP contribution is -2.36. The number of carbonyl (C=O) groups is 1. The van der Waals surface area contributed by atoms with Crippen LogP contribution < -0.4 is 10.1 Å². The van der Waals surface area contributed by atoms with Gasteiger partial charge in [0, 0.05) is 48.0 Å². The number of nitro groups is 1. The number of methoxy groups -OCH3 is 1. The van der Waals surface area contributed by atoms with Gasteiger partial charge in [0.1, 0.15) is 5.75 Å². The standard InChI is InChI=1S/C20H22ClN3O4/c1-28-19-8-6-16(24(26)27)11-14(19)13-22-18-12-15(21)5-7-17(18)20(25)23-9-3-2-4-10-23/h5-8,11-12,22H,2-4,9-10,13H2,1H3. The third kappa shape index (κ3) is 4.54. The van der Waals surface area contributed by atoms with E-state index in [-0.39, 0.29) is 18.1 Å². The summed E-state index contributed by atoms with van der Waals surface area (Å²) in [5.41, 5.74) is 1.73. The topological polar surface area (TPSA) is 84.7 Å². The number of non-ortho nitro benzene ring substituents is 1. The summed E-state index contributed by atoms with van der Waals surface area (Å²) in [6, 6.07) is 9.52. The van der Waals surface area contributed by atoms with Gasteiger partial charge in [-0.1, -0.05) is 11.6 Å². The van der Waals surface area contributed by atoms with Gasteiger partial charge in [-0.15, -0.1) is 0 Å². The van der Waals surface area contributed by atoms with Crippen molar-refractivity contribution in [2.24, 2.45) is 0 Å². The Hall–Kier alpha value is -2.80. The number of rotatable bonds is 6. The maximum atomic E-state index is 12.9. The molecule has 1 fully saturated rings. The number of hydrogen-bond donors (Lipinski definition) is 1. The van der Waals surface area contributed by atoms with Gasteiger partial charge in [-0.2, -0.15) is 0 Å². The second-order valence-corrected chi connectivity index (χ2v) is 7.09. The number of halogens is 1. The van der Waals surface area contributed by atoms with Gasteiger partial charge in [-0.05, 0) is 43.5 Å². The molecule has 1 aliphatic heterocycles. The van der Waals surface area contributed by atoms with Crippen LogP contribution in [0, 0.1) is 10.1 Å². The molecule has 0 saturated carbocycles. The molecule has 1 amide bonds. The quantitative estimate of drug-likeness (QED) is 0.567. The number of likely N-dealkylation sites (tertiary alicyclic amines) is 1. The number of nitrogens with zero attached hydrogens (tertiary/aromatic N) is 2. The van der Waals surface area contributed by atoms with Crippen molar-refractivity contribution in [3.8, 4) is 5.75 Å². The van der Waals surface area contributed by atoms with E-state index in [4.69, 9.17) is 16.3 Å². The van der Waals surface area contributed by atoms with Crippen LogP contribution in [0.5, 0.6) is 5.75 Å². The third-order valence-electron chi connectivity index (χ3n) is 4.80. The van der Waals surface area contributed by atoms with Gasteiger partial charge in [-0.25, -0.2) is 0 Å². The van der Waals surface area contributed by atoms with Gasteiger partial charge >= 0.3 is 0 Å². The number of ether oxygens (including phenoxy) is 1. The Kier molecular flexibility index (Phi) is 6.36. The summed E-state index contributed by atoms with van der Waals surface area (Å²) in [5.74, 6) is 0.494. The van der Waals surface area contributed by atoms with Gasteiger partial charge in [-0.3, -0.25) is 14.9 Å². The molecule has 28 heavy (non-hydrogen) atoms. The monoisotopic (exact) mass is 403 g/mol. The Balaban J connectivity index is 1.84. The highest BCUT2D eigenvalue weighted by Crippen LogP contribution is 2.28. The van der Waals surface area contributed by atoms with Crippen molar-refractivity contribution in [2.45, 2.75) is 25.8 Å². The van der Waals surface area contributed by atoms with Gasteiger partial charge in [0.15, 0.2) is 0 Å². The minimum Gasteiger partial charge on any atom is -0.496 e. The Labute approximate surface area is 168 Å². The van der Waals surface area contributed by atoms with Gasteiger partial charge in [0.25, 0.3) is 11.6 Å². The molecule has 1 aliphatic rings. The van der Waals surface area contributed by atoms with Crippen LogP contribution in [0.15, 0.2) is 36.4 Å². The van der Waals surface area contributed by atoms with E-state index in [1.165, 1.54) is 19.2 Å². The van der Waals surface area contributed by atoms with Crippen molar-refractivity contribution < 1.29 is 14.5 Å². The van der Waals surface area contributed by atoms with Crippen molar-refractivity contribution in [2.75, 3.05) is 25.5 Å². The van der Waals surface area contributed by atoms with Crippen molar-refractivity contribution in [3.05, 3.63) is 62.7 Å². The van der Waals surface area contributed by atoms with E-state index in [0.29, 0.717) is 27.6 Å². The molecule has 0 radical (unpaired) electrons. The number of nitrogens with one attached hydrogen (secondary N) is 1. The number of carbonyl (C=O) groups excluding carboxylic acids is 1. The second-order valence-electron chi connectivity index (χ2n) is 6.65. The average molecular weight is 404 g/mol. The SMILES string of the molecule is COc1ccc([N+](=O)[O-])cc1CNc1cc(Cl)ccc1C(=O)N1CCCCC1. The van der Waals surface area contributed by atoms with Crippen molar-refractivity contribution in [3.63, 3.8) is 0 Å². The van der Waals surface area contributed by atoms with Gasteiger partial charge in [0.2, 0.25) is 0 Å². The van der Waals surface area contributed by atoms with Crippen LogP contribution in [0.25, 0.3) is 0 Å². The zero-order valence-electron chi connectivity index (χ0n) is 15.6. The maximum Gasteiger partial charge on any atom is 0.270 e. The Bertz CT molecular complexity index is 882. The second kappa shape index (κ2) is 8.93. The predicted octanol–water partition coefficient (Wildman–Crippen LogP) is 4.50. The first kappa shape index (κ1) is 19.9. The smallest absolute Gasteiger partial charge is 0.270 e. The van der Waals surface area contributed by atoms with E-state index in [9.17, 15) is 14.9 Å². The molecule has 0 bridgehead atoms. The summed E-state index contributed by atoms with van der Waals surface area (Å²) in [6.07, 6.45) is 3.15. The summed E-state index contributed by atoms with van der Waals surface area (Å²) in [5, 5.41) is 14.8. The van der Waals surface area contributed by atoms with Crippen LogP contribution in [0.1, 0.15) is 35.2 Å². The van der Waals surface area contributed by atoms with Crippen LogP contribution in [-0.2, 0) is 6.54 Å². The molecule has 0 spiro atoms. The van der Waals surface area contributed by atoms with Gasteiger partial charge < -0.3 is 15.0 Å². The third-order valence-corrected chi connectivity index (χ3v) is 5.03. The highest BCUT2D eigenvalue weighted by atomic mass is 35.5. The highest BCUT2D eigenvalue weighted by molar-refractivity contribution is 6.31. The largest absolute Gasteiger partial charge is 0.496 e. The molecule has 148 valence electrons. The first-order valence-electron chi connectivity index (χ1n) is 9.13. The summed E-state index contributed by atoms with van der Waals surface area (Å²) in [7, 11) is 1.51. The molecule has 7 nitrogen and oxygen atoms in total. The molecule has 0 unspecified atom stereocenters. The zero-order valence-corrected chi connectivity index (χ0v) is 16.4. The van der Waals surface area contributed by atoms with E-state index in [0.717, 1.165) is 32.4 Å². The normalized spacial score (nSPS) is 13.9. The highest BCUT2D eigenvalue weighted by Gasteiger charge is 2.21. The molecule has 2 aromatic rings. The summed E-state index contributed by atoms with van der Waals surface area (Å²) in [6.45, 7) is 1.75. The van der Waals surface area contributed by atoms with Crippen molar-refractivity contribution in [1.29, 1.82) is 0 Å². The van der Waals surface area contributed by atoms with E-state index in [1.54, 1.807) is 24.3 Å². The van der Waals surface area contributed by atoms with Crippen molar-refractivity contribution in [1.82, 2.24) is 4.90 Å². The van der Waals surface area contributed by atoms with E-state index < -0.39 is 4.92 Å². The lowest BCUT2D eigenvalue weighted by molar-refractivity contribution is -0.384. The molecule has 0 atom stereocenters. The fourth-order valence-electron chi connectivity index (χ4n) is 3.32. The molecular formula is C20H22ClN3O4. The number of anilines is 1. The minimum atomic E-state index is -0.451. The fourth-order valence-corrected chi connectivity index (χ4v) is 3.50. The number of benzene rings is 2. The van der Waals surface area contributed by atoms with Crippen LogP contribution >= 0.6 is 11.6 Å². The predicted molar refractivity (Wildman–Crippen MR) is 108 cm³/mol. The maximum absolute atomic E-state index is 12.9. The molecule has 8 heteroatoms. The Morgan fingerprint density at radius 1 is 1.21 bits per heavy atom. The molecule has 1 saturated heterocycles. The molecular weight excluding hydrogens is 382 g/mol. The first-order valence-corrected chi connectivity index (χ1v) is 9.51. The summed E-state index contributed by atoms with van der Waals surface area (Å²) in [4.78, 5) is 25.4. The van der Waals surface area contributed by atoms with Gasteiger partial charge in [0.05, 0.1) is 17.6 Å². The molecule has 2 aromatic carbocycles. The zero-order chi connectivity index (χ0) is 20.1. The summed E-state index contributed by atoms with van der Waals surface area (Å²) < 4.78 is 5.30. The fraction of sp³-hybridized carbons (Fsp3) is 0.350. The van der Waals surface area contributed by atoms with E-state index in [1.807, 2.05) is 4.90 Å². The van der Waals surface area contributed by atoms with E-state index >= 15 is 0 Å². The van der Waals surface area contributed by atoms with Crippen LogP contribution in [0.3, 0.4) is 0 Å². The first-order chi connectivity index (χ1) is 13.5. The lowest BCUT2D eigenvalue weighted by Gasteiger charge is -2.27. The van der Waals surface area contributed by atoms with Crippen LogP contribution in [0.2, 0.25) is 5.02 Å². The van der Waals surface area contributed by atoms with Crippen LogP contribution in [0.4, 0.5) is 11.4 Å². The summed E-state index contributed by atoms with van der Waals surface area (Å²) >= 11 is 6.14. The van der Waals surface area contributed by atoms with Crippen molar-refractivity contribution >= 4 is 28.9 Å². The number of hydrogen-bond acceptors (Lipinski definition) is 5. The number of nitro benzene ring substituents is 1. The number of piperidine rings is 1. The molecule has 1 heterocycles. The molecule has 0 aliphatic carbocycles. The minimum absolute atomic E-state index is 0.0201. The number of amides is 1. The average Bonchev–Trinajstić information content (AvgIpc) is 2.72.